The second-order valence-corrected chi connectivity index (χ2v) is 1.81. The molecule has 0 saturated carbocycles. The predicted molar refractivity (Wildman–Crippen MR) is 39.8 cm³/mol. The van der Waals surface area contributed by atoms with Gasteiger partial charge in [-0.15, -0.1) is 0 Å². The molecule has 3 heteroatoms. The minimum Gasteiger partial charge on any atom is -0.445 e. The van der Waals surface area contributed by atoms with Gasteiger partial charge in [-0.05, 0) is 6.42 Å². The van der Waals surface area contributed by atoms with Crippen LogP contribution in [-0.4, -0.2) is 19.2 Å². The maximum atomic E-state index is 10.6. The first-order valence-corrected chi connectivity index (χ1v) is 3.32. The van der Waals surface area contributed by atoms with E-state index in [1.807, 2.05) is 6.92 Å². The summed E-state index contributed by atoms with van der Waals surface area (Å²) in [4.78, 5) is 10.6. The molecular weight excluding hydrogens is 130 g/mol. The standard InChI is InChI=1S/C7H13NO2/c1-3-5-8-7(9)10-6-4-2/h4H,2-3,5-6H2,1H3,(H,8,9). The molecular formula is C7H13NO2. The molecule has 0 rings (SSSR count). The average Bonchev–Trinajstić information content (AvgIpc) is 1.97. The molecule has 0 saturated heterocycles. The van der Waals surface area contributed by atoms with Crippen molar-refractivity contribution in [2.75, 3.05) is 13.2 Å². The molecule has 0 aliphatic heterocycles. The van der Waals surface area contributed by atoms with Crippen molar-refractivity contribution in [2.24, 2.45) is 0 Å². The fourth-order valence-electron chi connectivity index (χ4n) is 0.413. The summed E-state index contributed by atoms with van der Waals surface area (Å²) in [5.74, 6) is 0. The molecule has 0 aliphatic carbocycles. The van der Waals surface area contributed by atoms with Crippen molar-refractivity contribution in [3.05, 3.63) is 12.7 Å². The van der Waals surface area contributed by atoms with E-state index >= 15 is 0 Å². The van der Waals surface area contributed by atoms with Crippen LogP contribution >= 0.6 is 0 Å². The lowest BCUT2D eigenvalue weighted by Crippen LogP contribution is -2.24. The number of carbonyl (C=O) groups excluding carboxylic acids is 1. The molecule has 0 heterocycles. The summed E-state index contributed by atoms with van der Waals surface area (Å²) in [5.41, 5.74) is 0. The zero-order chi connectivity index (χ0) is 7.82. The fourth-order valence-corrected chi connectivity index (χ4v) is 0.413. The molecule has 0 aliphatic rings. The van der Waals surface area contributed by atoms with Crippen molar-refractivity contribution in [3.8, 4) is 0 Å². The van der Waals surface area contributed by atoms with Gasteiger partial charge in [-0.25, -0.2) is 4.79 Å². The van der Waals surface area contributed by atoms with Crippen LogP contribution in [0.3, 0.4) is 0 Å². The van der Waals surface area contributed by atoms with E-state index in [0.29, 0.717) is 6.54 Å². The Balaban J connectivity index is 3.16. The van der Waals surface area contributed by atoms with Crippen molar-refractivity contribution in [1.82, 2.24) is 5.32 Å². The topological polar surface area (TPSA) is 38.3 Å². The molecule has 1 N–H and O–H groups in total. The second kappa shape index (κ2) is 6.13. The first-order valence-electron chi connectivity index (χ1n) is 3.32. The molecule has 58 valence electrons. The lowest BCUT2D eigenvalue weighted by atomic mass is 10.5. The molecule has 0 bridgehead atoms. The van der Waals surface area contributed by atoms with E-state index in [2.05, 4.69) is 16.6 Å². The summed E-state index contributed by atoms with van der Waals surface area (Å²) in [5, 5.41) is 2.56. The Morgan fingerprint density at radius 2 is 2.50 bits per heavy atom. The van der Waals surface area contributed by atoms with Gasteiger partial charge in [0.2, 0.25) is 0 Å². The highest BCUT2D eigenvalue weighted by Crippen LogP contribution is 1.78. The van der Waals surface area contributed by atoms with Gasteiger partial charge >= 0.3 is 6.09 Å². The van der Waals surface area contributed by atoms with Gasteiger partial charge in [-0.2, -0.15) is 0 Å². The number of hydrogen-bond donors (Lipinski definition) is 1. The van der Waals surface area contributed by atoms with Crippen LogP contribution < -0.4 is 5.32 Å². The van der Waals surface area contributed by atoms with Gasteiger partial charge in [-0.3, -0.25) is 0 Å². The monoisotopic (exact) mass is 143 g/mol. The first-order chi connectivity index (χ1) is 4.81. The van der Waals surface area contributed by atoms with Gasteiger partial charge in [0.1, 0.15) is 6.61 Å². The molecule has 0 radical (unpaired) electrons. The molecule has 3 nitrogen and oxygen atoms in total. The number of carbonyl (C=O) groups is 1. The molecule has 0 aromatic heterocycles. The van der Waals surface area contributed by atoms with Crippen LogP contribution in [0, 0.1) is 0 Å². The van der Waals surface area contributed by atoms with Crippen LogP contribution in [0.4, 0.5) is 4.79 Å². The van der Waals surface area contributed by atoms with Gasteiger partial charge in [-0.1, -0.05) is 19.6 Å². The van der Waals surface area contributed by atoms with Crippen LogP contribution in [0.2, 0.25) is 0 Å². The van der Waals surface area contributed by atoms with Crippen LogP contribution in [0.1, 0.15) is 13.3 Å². The highest BCUT2D eigenvalue weighted by Gasteiger charge is 1.95. The van der Waals surface area contributed by atoms with Crippen molar-refractivity contribution in [2.45, 2.75) is 13.3 Å². The van der Waals surface area contributed by atoms with Crippen molar-refractivity contribution < 1.29 is 9.53 Å². The summed E-state index contributed by atoms with van der Waals surface area (Å²) in [7, 11) is 0. The third-order valence-electron chi connectivity index (χ3n) is 0.852. The predicted octanol–water partition coefficient (Wildman–Crippen LogP) is 1.31. The zero-order valence-corrected chi connectivity index (χ0v) is 6.22. The Labute approximate surface area is 61.1 Å². The molecule has 0 aromatic carbocycles. The molecule has 0 atom stereocenters. The molecule has 0 fully saturated rings. The van der Waals surface area contributed by atoms with E-state index in [-0.39, 0.29) is 12.7 Å². The van der Waals surface area contributed by atoms with Gasteiger partial charge in [0.25, 0.3) is 0 Å². The van der Waals surface area contributed by atoms with Crippen molar-refractivity contribution >= 4 is 6.09 Å². The van der Waals surface area contributed by atoms with Crippen LogP contribution in [0.15, 0.2) is 12.7 Å². The normalized spacial score (nSPS) is 8.50. The first kappa shape index (κ1) is 9.01. The lowest BCUT2D eigenvalue weighted by molar-refractivity contribution is 0.158. The number of alkyl carbamates (subject to hydrolysis) is 1. The van der Waals surface area contributed by atoms with Gasteiger partial charge in [0, 0.05) is 6.54 Å². The van der Waals surface area contributed by atoms with Gasteiger partial charge in [0.15, 0.2) is 0 Å². The molecule has 1 amide bonds. The third kappa shape index (κ3) is 5.15. The Hall–Kier alpha value is -0.990. The lowest BCUT2D eigenvalue weighted by Gasteiger charge is -2.01. The van der Waals surface area contributed by atoms with Gasteiger partial charge in [0.05, 0.1) is 0 Å². The maximum Gasteiger partial charge on any atom is 0.407 e. The zero-order valence-electron chi connectivity index (χ0n) is 6.22. The van der Waals surface area contributed by atoms with E-state index in [1.165, 1.54) is 6.08 Å². The smallest absolute Gasteiger partial charge is 0.407 e. The highest BCUT2D eigenvalue weighted by atomic mass is 16.5. The van der Waals surface area contributed by atoms with Crippen molar-refractivity contribution in [3.63, 3.8) is 0 Å². The van der Waals surface area contributed by atoms with Crippen LogP contribution in [0.25, 0.3) is 0 Å². The van der Waals surface area contributed by atoms with Crippen LogP contribution in [-0.2, 0) is 4.74 Å². The summed E-state index contributed by atoms with van der Waals surface area (Å²) >= 11 is 0. The maximum absolute atomic E-state index is 10.6. The summed E-state index contributed by atoms with van der Waals surface area (Å²) in [6.07, 6.45) is 2.08. The van der Waals surface area contributed by atoms with E-state index in [1.54, 1.807) is 0 Å². The van der Waals surface area contributed by atoms with E-state index < -0.39 is 0 Å². The Kier molecular flexibility index (Phi) is 5.53. The Morgan fingerprint density at radius 1 is 1.80 bits per heavy atom. The van der Waals surface area contributed by atoms with Crippen LogP contribution in [0.5, 0.6) is 0 Å². The summed E-state index contributed by atoms with van der Waals surface area (Å²) in [6, 6.07) is 0. The summed E-state index contributed by atoms with van der Waals surface area (Å²) < 4.78 is 4.63. The SMILES string of the molecule is C=CCOC(=O)NCCC. The second-order valence-electron chi connectivity index (χ2n) is 1.81. The van der Waals surface area contributed by atoms with E-state index in [0.717, 1.165) is 6.42 Å². The molecule has 10 heavy (non-hydrogen) atoms. The van der Waals surface area contributed by atoms with Crippen molar-refractivity contribution in [1.29, 1.82) is 0 Å². The fraction of sp³-hybridized carbons (Fsp3) is 0.571. The minimum absolute atomic E-state index is 0.273. The number of rotatable bonds is 4. The third-order valence-corrected chi connectivity index (χ3v) is 0.852. The van der Waals surface area contributed by atoms with E-state index in [9.17, 15) is 4.79 Å². The number of hydrogen-bond acceptors (Lipinski definition) is 2. The quantitative estimate of drug-likeness (QED) is 0.602. The summed E-state index contributed by atoms with van der Waals surface area (Å²) in [6.45, 7) is 6.32. The Bertz CT molecular complexity index is 112. The largest absolute Gasteiger partial charge is 0.445 e. The molecule has 0 unspecified atom stereocenters. The highest BCUT2D eigenvalue weighted by molar-refractivity contribution is 5.67. The Morgan fingerprint density at radius 3 is 3.00 bits per heavy atom. The minimum atomic E-state index is -0.373. The number of amides is 1. The number of nitrogens with one attached hydrogen (secondary N) is 1. The van der Waals surface area contributed by atoms with Gasteiger partial charge < -0.3 is 10.1 Å². The molecule has 0 aromatic rings. The average molecular weight is 143 g/mol. The molecule has 0 spiro atoms. The van der Waals surface area contributed by atoms with E-state index in [4.69, 9.17) is 0 Å². The number of ether oxygens (including phenoxy) is 1.